The Morgan fingerprint density at radius 1 is 1.53 bits per heavy atom. The van der Waals surface area contributed by atoms with Gasteiger partial charge in [0.1, 0.15) is 0 Å². The van der Waals surface area contributed by atoms with Crippen molar-refractivity contribution in [3.05, 3.63) is 0 Å². The predicted octanol–water partition coefficient (Wildman–Crippen LogP) is 2.60. The van der Waals surface area contributed by atoms with E-state index in [1.807, 2.05) is 11.8 Å². The summed E-state index contributed by atoms with van der Waals surface area (Å²) in [5, 5.41) is 6.21. The normalized spacial score (nSPS) is 31.0. The molecule has 15 heavy (non-hydrogen) atoms. The highest BCUT2D eigenvalue weighted by molar-refractivity contribution is 8.14. The first-order valence-electron chi connectivity index (χ1n) is 5.82. The van der Waals surface area contributed by atoms with E-state index in [2.05, 4.69) is 35.9 Å². The summed E-state index contributed by atoms with van der Waals surface area (Å²) < 4.78 is 0. The number of rotatable bonds is 3. The quantitative estimate of drug-likeness (QED) is 0.826. The van der Waals surface area contributed by atoms with Crippen molar-refractivity contribution >= 4 is 28.7 Å². The smallest absolute Gasteiger partial charge is 0.156 e. The van der Waals surface area contributed by atoms with Crippen molar-refractivity contribution in [2.24, 2.45) is 10.9 Å². The summed E-state index contributed by atoms with van der Waals surface area (Å²) in [4.78, 5) is 4.56. The minimum absolute atomic E-state index is 0.698. The lowest BCUT2D eigenvalue weighted by Gasteiger charge is -2.13. The molecule has 4 heteroatoms. The summed E-state index contributed by atoms with van der Waals surface area (Å²) in [7, 11) is 0. The fourth-order valence-corrected chi connectivity index (χ4v) is 4.07. The van der Waals surface area contributed by atoms with E-state index in [0.717, 1.165) is 24.3 Å². The van der Waals surface area contributed by atoms with Gasteiger partial charge in [0, 0.05) is 17.0 Å². The van der Waals surface area contributed by atoms with Gasteiger partial charge in [-0.1, -0.05) is 25.6 Å². The van der Waals surface area contributed by atoms with Gasteiger partial charge in [-0.15, -0.1) is 0 Å². The second-order valence-corrected chi connectivity index (χ2v) is 7.20. The van der Waals surface area contributed by atoms with Crippen molar-refractivity contribution in [2.45, 2.75) is 37.2 Å². The van der Waals surface area contributed by atoms with Crippen LogP contribution in [0.1, 0.15) is 26.7 Å². The van der Waals surface area contributed by atoms with Gasteiger partial charge in [0.25, 0.3) is 0 Å². The molecule has 0 bridgehead atoms. The van der Waals surface area contributed by atoms with Gasteiger partial charge < -0.3 is 5.32 Å². The maximum atomic E-state index is 4.56. The number of thioether (sulfide) groups is 2. The first-order chi connectivity index (χ1) is 7.25. The predicted molar refractivity (Wildman–Crippen MR) is 72.0 cm³/mol. The number of nitrogens with one attached hydrogen (secondary N) is 1. The summed E-state index contributed by atoms with van der Waals surface area (Å²) in [5.41, 5.74) is 0. The van der Waals surface area contributed by atoms with Crippen molar-refractivity contribution in [3.8, 4) is 0 Å². The molecule has 2 unspecified atom stereocenters. The highest BCUT2D eigenvalue weighted by Gasteiger charge is 2.23. The van der Waals surface area contributed by atoms with Crippen LogP contribution >= 0.6 is 23.5 Å². The summed E-state index contributed by atoms with van der Waals surface area (Å²) in [6.45, 7) is 6.68. The van der Waals surface area contributed by atoms with E-state index in [1.165, 1.54) is 23.8 Å². The van der Waals surface area contributed by atoms with Crippen molar-refractivity contribution in [3.63, 3.8) is 0 Å². The van der Waals surface area contributed by atoms with E-state index in [0.29, 0.717) is 5.25 Å². The Kier molecular flexibility index (Phi) is 4.26. The minimum Gasteiger partial charge on any atom is -0.364 e. The molecule has 1 fully saturated rings. The number of nitrogens with zero attached hydrogens (tertiary/aromatic N) is 1. The van der Waals surface area contributed by atoms with Crippen LogP contribution in [0.3, 0.4) is 0 Å². The van der Waals surface area contributed by atoms with E-state index in [4.69, 9.17) is 0 Å². The highest BCUT2D eigenvalue weighted by atomic mass is 32.2. The second kappa shape index (κ2) is 5.48. The molecule has 0 radical (unpaired) electrons. The molecule has 0 amide bonds. The van der Waals surface area contributed by atoms with E-state index in [1.54, 1.807) is 0 Å². The first kappa shape index (κ1) is 11.6. The molecule has 1 saturated heterocycles. The number of hydrogen-bond acceptors (Lipinski definition) is 4. The van der Waals surface area contributed by atoms with Crippen LogP contribution in [-0.2, 0) is 0 Å². The Morgan fingerprint density at radius 3 is 3.00 bits per heavy atom. The van der Waals surface area contributed by atoms with E-state index in [-0.39, 0.29) is 0 Å². The summed E-state index contributed by atoms with van der Waals surface area (Å²) in [6.07, 6.45) is 2.77. The molecule has 0 spiro atoms. The molecule has 2 rings (SSSR count). The Morgan fingerprint density at radius 2 is 2.40 bits per heavy atom. The summed E-state index contributed by atoms with van der Waals surface area (Å²) >= 11 is 4.04. The third kappa shape index (κ3) is 3.31. The van der Waals surface area contributed by atoms with E-state index >= 15 is 0 Å². The van der Waals surface area contributed by atoms with Crippen molar-refractivity contribution in [1.29, 1.82) is 0 Å². The number of hydrogen-bond donors (Lipinski definition) is 1. The molecule has 0 aromatic carbocycles. The molecule has 2 aliphatic rings. The van der Waals surface area contributed by atoms with Gasteiger partial charge in [0.2, 0.25) is 0 Å². The molecule has 2 aliphatic heterocycles. The first-order valence-corrected chi connectivity index (χ1v) is 7.75. The monoisotopic (exact) mass is 244 g/mol. The van der Waals surface area contributed by atoms with Crippen LogP contribution in [-0.4, -0.2) is 34.5 Å². The topological polar surface area (TPSA) is 24.4 Å². The molecule has 2 nitrogen and oxygen atoms in total. The standard InChI is InChI=1S/C11H20N2S2/c1-8(2)10-7-13-11(15-10)12-6-9-4-3-5-14-9/h8-10H,3-7H2,1-2H3,(H,12,13). The zero-order valence-electron chi connectivity index (χ0n) is 9.53. The Labute approximate surface area is 101 Å². The van der Waals surface area contributed by atoms with Crippen LogP contribution in [0.15, 0.2) is 4.99 Å². The lowest BCUT2D eigenvalue weighted by Crippen LogP contribution is -2.27. The van der Waals surface area contributed by atoms with Gasteiger partial charge in [-0.25, -0.2) is 0 Å². The number of amidine groups is 1. The van der Waals surface area contributed by atoms with E-state index in [9.17, 15) is 0 Å². The largest absolute Gasteiger partial charge is 0.364 e. The molecular weight excluding hydrogens is 224 g/mol. The third-order valence-corrected chi connectivity index (χ3v) is 5.82. The van der Waals surface area contributed by atoms with Crippen LogP contribution in [0, 0.1) is 5.92 Å². The molecule has 2 heterocycles. The SMILES string of the molecule is CC(C)C1CN=C(NCC2CCCS2)S1. The minimum atomic E-state index is 0.698. The van der Waals surface area contributed by atoms with Crippen LogP contribution in [0.2, 0.25) is 0 Å². The average Bonchev–Trinajstić information content (AvgIpc) is 2.86. The Balaban J connectivity index is 1.68. The third-order valence-electron chi connectivity index (χ3n) is 2.93. The van der Waals surface area contributed by atoms with Crippen LogP contribution < -0.4 is 5.32 Å². The van der Waals surface area contributed by atoms with Gasteiger partial charge in [0.15, 0.2) is 5.17 Å². The summed E-state index contributed by atoms with van der Waals surface area (Å²) in [6, 6.07) is 0. The molecule has 0 saturated carbocycles. The van der Waals surface area contributed by atoms with Crippen LogP contribution in [0.4, 0.5) is 0 Å². The second-order valence-electron chi connectivity index (χ2n) is 4.56. The molecule has 0 aromatic rings. The van der Waals surface area contributed by atoms with E-state index < -0.39 is 0 Å². The maximum Gasteiger partial charge on any atom is 0.156 e. The van der Waals surface area contributed by atoms with Gasteiger partial charge in [-0.05, 0) is 24.5 Å². The van der Waals surface area contributed by atoms with Crippen molar-refractivity contribution in [1.82, 2.24) is 5.32 Å². The van der Waals surface area contributed by atoms with Gasteiger partial charge >= 0.3 is 0 Å². The average molecular weight is 244 g/mol. The Hall–Kier alpha value is 0.170. The molecular formula is C11H20N2S2. The highest BCUT2D eigenvalue weighted by Crippen LogP contribution is 2.28. The molecule has 86 valence electrons. The Bertz CT molecular complexity index is 235. The molecule has 2 atom stereocenters. The van der Waals surface area contributed by atoms with Crippen molar-refractivity contribution < 1.29 is 0 Å². The van der Waals surface area contributed by atoms with Gasteiger partial charge in [-0.3, -0.25) is 4.99 Å². The fraction of sp³-hybridized carbons (Fsp3) is 0.909. The summed E-state index contributed by atoms with van der Waals surface area (Å²) in [5.74, 6) is 2.08. The zero-order valence-corrected chi connectivity index (χ0v) is 11.2. The van der Waals surface area contributed by atoms with Crippen LogP contribution in [0.5, 0.6) is 0 Å². The van der Waals surface area contributed by atoms with Gasteiger partial charge in [-0.2, -0.15) is 11.8 Å². The zero-order chi connectivity index (χ0) is 10.7. The molecule has 0 aromatic heterocycles. The lowest BCUT2D eigenvalue weighted by molar-refractivity contribution is 0.621. The lowest BCUT2D eigenvalue weighted by atomic mass is 10.1. The van der Waals surface area contributed by atoms with Crippen LogP contribution in [0.25, 0.3) is 0 Å². The maximum absolute atomic E-state index is 4.56. The van der Waals surface area contributed by atoms with Crippen molar-refractivity contribution in [2.75, 3.05) is 18.8 Å². The molecule has 1 N–H and O–H groups in total. The molecule has 0 aliphatic carbocycles. The number of aliphatic imine (C=N–C) groups is 1. The van der Waals surface area contributed by atoms with Gasteiger partial charge in [0.05, 0.1) is 6.54 Å². The fourth-order valence-electron chi connectivity index (χ4n) is 1.84.